The predicted molar refractivity (Wildman–Crippen MR) is 152 cm³/mol. The van der Waals surface area contributed by atoms with E-state index in [1.165, 1.54) is 38.0 Å². The number of aromatic nitrogens is 1. The molecule has 0 N–H and O–H groups in total. The summed E-state index contributed by atoms with van der Waals surface area (Å²) >= 11 is 0. The van der Waals surface area contributed by atoms with E-state index in [0.29, 0.717) is 18.5 Å². The van der Waals surface area contributed by atoms with Gasteiger partial charge in [0.1, 0.15) is 18.5 Å². The molecule has 0 atom stereocenters. The van der Waals surface area contributed by atoms with Crippen LogP contribution in [-0.2, 0) is 9.53 Å². The number of carbonyl (C=O) groups excluding carboxylic acids is 1. The molecule has 8 heteroatoms. The van der Waals surface area contributed by atoms with Gasteiger partial charge in [-0.3, -0.25) is 4.79 Å². The highest BCUT2D eigenvalue weighted by Crippen LogP contribution is 2.35. The smallest absolute Gasteiger partial charge is 0.253 e. The van der Waals surface area contributed by atoms with Crippen LogP contribution in [-0.4, -0.2) is 79.0 Å². The number of likely N-dealkylation sites (tertiary alicyclic amines) is 1. The van der Waals surface area contributed by atoms with Crippen molar-refractivity contribution in [3.8, 4) is 11.6 Å². The number of amides is 1. The maximum Gasteiger partial charge on any atom is 0.253 e. The van der Waals surface area contributed by atoms with Crippen LogP contribution in [0.3, 0.4) is 0 Å². The number of piperidine rings is 2. The van der Waals surface area contributed by atoms with Crippen LogP contribution in [0.15, 0.2) is 42.6 Å². The molecule has 8 nitrogen and oxygen atoms in total. The molecule has 1 spiro atoms. The van der Waals surface area contributed by atoms with Gasteiger partial charge in [0.25, 0.3) is 5.91 Å². The van der Waals surface area contributed by atoms with Crippen LogP contribution in [0.1, 0.15) is 58.8 Å². The van der Waals surface area contributed by atoms with Gasteiger partial charge in [-0.2, -0.15) is 0 Å². The Morgan fingerprint density at radius 2 is 1.67 bits per heavy atom. The molecule has 4 aliphatic rings. The minimum Gasteiger partial charge on any atom is -0.490 e. The number of hydrogen-bond donors (Lipinski definition) is 0. The molecule has 3 aliphatic heterocycles. The lowest BCUT2D eigenvalue weighted by Gasteiger charge is -2.47. The number of anilines is 2. The first kappa shape index (κ1) is 26.4. The molecule has 4 heterocycles. The fraction of sp³-hybridized carbons (Fsp3) is 0.613. The molecule has 1 aromatic heterocycles. The number of pyridine rings is 1. The van der Waals surface area contributed by atoms with Gasteiger partial charge in [-0.15, -0.1) is 0 Å². The van der Waals surface area contributed by atoms with Crippen molar-refractivity contribution >= 4 is 17.3 Å². The largest absolute Gasteiger partial charge is 0.490 e. The number of hydrogen-bond acceptors (Lipinski definition) is 7. The fourth-order valence-electron chi connectivity index (χ4n) is 6.31. The first-order valence-corrected chi connectivity index (χ1v) is 14.8. The monoisotopic (exact) mass is 534 g/mol. The van der Waals surface area contributed by atoms with Gasteiger partial charge in [0.2, 0.25) is 5.88 Å². The van der Waals surface area contributed by atoms with Crippen LogP contribution in [0.4, 0.5) is 11.4 Å². The predicted octanol–water partition coefficient (Wildman–Crippen LogP) is 4.67. The van der Waals surface area contributed by atoms with E-state index in [2.05, 4.69) is 39.0 Å². The van der Waals surface area contributed by atoms with E-state index in [-0.39, 0.29) is 24.2 Å². The summed E-state index contributed by atoms with van der Waals surface area (Å²) < 4.78 is 18.2. The standard InChI is InChI=1S/C31H42N4O4/c1-23(2)38-29-11-8-26(20-32-29)35-22-31(37-21-30(35)36)14-18-34(19-15-31)25-6-9-27(10-7-25)39-28-12-16-33(17-13-28)24-4-3-5-24/h6-11,20,23-24,28H,3-5,12-19,21-22H2,1-2H3. The SMILES string of the molecule is CC(C)Oc1ccc(N2CC3(CCN(c4ccc(OC5CCN(C6CCC6)CC5)cc4)CC3)OCC2=O)cn1. The van der Waals surface area contributed by atoms with Crippen molar-refractivity contribution in [3.63, 3.8) is 0 Å². The molecule has 6 rings (SSSR count). The minimum absolute atomic E-state index is 0.0216. The topological polar surface area (TPSA) is 67.4 Å². The number of carbonyl (C=O) groups is 1. The highest BCUT2D eigenvalue weighted by atomic mass is 16.5. The first-order chi connectivity index (χ1) is 19.0. The zero-order valence-corrected chi connectivity index (χ0v) is 23.4. The Morgan fingerprint density at radius 3 is 2.28 bits per heavy atom. The summed E-state index contributed by atoms with van der Waals surface area (Å²) in [6, 6.07) is 13.2. The Labute approximate surface area is 232 Å². The van der Waals surface area contributed by atoms with Crippen LogP contribution >= 0.6 is 0 Å². The molecular weight excluding hydrogens is 492 g/mol. The van der Waals surface area contributed by atoms with Gasteiger partial charge in [0, 0.05) is 44.0 Å². The van der Waals surface area contributed by atoms with Crippen LogP contribution in [0.5, 0.6) is 11.6 Å². The minimum atomic E-state index is -0.324. The Bertz CT molecular complexity index is 1100. The van der Waals surface area contributed by atoms with Crippen LogP contribution in [0.25, 0.3) is 0 Å². The first-order valence-electron chi connectivity index (χ1n) is 14.8. The van der Waals surface area contributed by atoms with E-state index in [1.807, 2.05) is 30.9 Å². The third-order valence-corrected chi connectivity index (χ3v) is 8.88. The van der Waals surface area contributed by atoms with Gasteiger partial charge in [0.15, 0.2) is 0 Å². The van der Waals surface area contributed by atoms with Gasteiger partial charge in [0.05, 0.1) is 30.1 Å². The fourth-order valence-corrected chi connectivity index (χ4v) is 6.31. The van der Waals surface area contributed by atoms with Crippen molar-refractivity contribution in [2.45, 2.75) is 82.6 Å². The molecule has 1 aromatic carbocycles. The summed E-state index contributed by atoms with van der Waals surface area (Å²) in [5, 5.41) is 0. The zero-order chi connectivity index (χ0) is 26.8. The van der Waals surface area contributed by atoms with E-state index >= 15 is 0 Å². The van der Waals surface area contributed by atoms with Gasteiger partial charge in [-0.1, -0.05) is 6.42 Å². The highest BCUT2D eigenvalue weighted by molar-refractivity contribution is 5.95. The normalized spacial score (nSPS) is 22.8. The van der Waals surface area contributed by atoms with E-state index in [0.717, 1.165) is 56.3 Å². The molecular formula is C31H42N4O4. The second-order valence-electron chi connectivity index (χ2n) is 11.9. The summed E-state index contributed by atoms with van der Waals surface area (Å²) in [4.78, 5) is 24.0. The molecule has 4 fully saturated rings. The van der Waals surface area contributed by atoms with E-state index in [9.17, 15) is 4.79 Å². The Morgan fingerprint density at radius 1 is 0.949 bits per heavy atom. The van der Waals surface area contributed by atoms with E-state index in [4.69, 9.17) is 14.2 Å². The van der Waals surface area contributed by atoms with Crippen LogP contribution < -0.4 is 19.3 Å². The lowest BCUT2D eigenvalue weighted by atomic mass is 9.88. The quantitative estimate of drug-likeness (QED) is 0.512. The average Bonchev–Trinajstić information content (AvgIpc) is 2.92. The zero-order valence-electron chi connectivity index (χ0n) is 23.4. The summed E-state index contributed by atoms with van der Waals surface area (Å²) in [6.07, 6.45) is 10.3. The summed E-state index contributed by atoms with van der Waals surface area (Å²) in [5.74, 6) is 1.52. The number of benzene rings is 1. The Kier molecular flexibility index (Phi) is 7.67. The Balaban J connectivity index is 1.01. The molecule has 0 unspecified atom stereocenters. The number of morpholine rings is 1. The molecule has 0 bridgehead atoms. The van der Waals surface area contributed by atoms with E-state index < -0.39 is 0 Å². The van der Waals surface area contributed by atoms with Gasteiger partial charge >= 0.3 is 0 Å². The van der Waals surface area contributed by atoms with Crippen molar-refractivity contribution in [1.82, 2.24) is 9.88 Å². The van der Waals surface area contributed by atoms with Crippen molar-refractivity contribution in [3.05, 3.63) is 42.6 Å². The second-order valence-corrected chi connectivity index (χ2v) is 11.9. The molecule has 1 amide bonds. The maximum absolute atomic E-state index is 12.7. The summed E-state index contributed by atoms with van der Waals surface area (Å²) in [7, 11) is 0. The van der Waals surface area contributed by atoms with Gasteiger partial charge < -0.3 is 28.9 Å². The van der Waals surface area contributed by atoms with Crippen molar-refractivity contribution < 1.29 is 19.0 Å². The third kappa shape index (κ3) is 6.02. The molecule has 210 valence electrons. The van der Waals surface area contributed by atoms with Crippen molar-refractivity contribution in [1.29, 1.82) is 0 Å². The highest BCUT2D eigenvalue weighted by Gasteiger charge is 2.43. The van der Waals surface area contributed by atoms with Crippen LogP contribution in [0.2, 0.25) is 0 Å². The lowest BCUT2D eigenvalue weighted by molar-refractivity contribution is -0.141. The van der Waals surface area contributed by atoms with E-state index in [1.54, 1.807) is 6.20 Å². The molecule has 1 aliphatic carbocycles. The summed E-state index contributed by atoms with van der Waals surface area (Å²) in [5.41, 5.74) is 1.69. The third-order valence-electron chi connectivity index (χ3n) is 8.88. The number of rotatable bonds is 7. The molecule has 39 heavy (non-hydrogen) atoms. The van der Waals surface area contributed by atoms with Crippen LogP contribution in [0, 0.1) is 0 Å². The molecule has 1 saturated carbocycles. The van der Waals surface area contributed by atoms with Gasteiger partial charge in [-0.05, 0) is 82.7 Å². The molecule has 0 radical (unpaired) electrons. The maximum atomic E-state index is 12.7. The number of nitrogens with zero attached hydrogens (tertiary/aromatic N) is 4. The second kappa shape index (κ2) is 11.3. The van der Waals surface area contributed by atoms with Crippen molar-refractivity contribution in [2.75, 3.05) is 49.1 Å². The lowest BCUT2D eigenvalue weighted by Crippen LogP contribution is -2.59. The average molecular weight is 535 g/mol. The molecule has 2 aromatic rings. The van der Waals surface area contributed by atoms with Gasteiger partial charge in [-0.25, -0.2) is 4.98 Å². The summed E-state index contributed by atoms with van der Waals surface area (Å²) in [6.45, 7) is 8.72. The Hall–Kier alpha value is -2.84. The van der Waals surface area contributed by atoms with Crippen molar-refractivity contribution in [2.24, 2.45) is 0 Å². The molecule has 3 saturated heterocycles. The number of ether oxygens (including phenoxy) is 3.